The van der Waals surface area contributed by atoms with Gasteiger partial charge < -0.3 is 19.8 Å². The molecule has 0 aliphatic heterocycles. The van der Waals surface area contributed by atoms with Gasteiger partial charge in [0.05, 0.1) is 31.3 Å². The molecular weight excluding hydrogens is 354 g/mol. The molecule has 0 spiro atoms. The number of fused-ring (bicyclic) bond motifs is 1. The first-order valence-electron chi connectivity index (χ1n) is 9.17. The summed E-state index contributed by atoms with van der Waals surface area (Å²) in [6.45, 7) is 4.10. The average Bonchev–Trinajstić information content (AvgIpc) is 3.13. The van der Waals surface area contributed by atoms with Gasteiger partial charge in [-0.3, -0.25) is 4.79 Å². The van der Waals surface area contributed by atoms with E-state index < -0.39 is 0 Å². The van der Waals surface area contributed by atoms with E-state index >= 15 is 0 Å². The Morgan fingerprint density at radius 1 is 1.11 bits per heavy atom. The molecule has 1 heterocycles. The normalized spacial score (nSPS) is 12.5. The van der Waals surface area contributed by atoms with Crippen molar-refractivity contribution in [1.82, 2.24) is 15.3 Å². The zero-order valence-electron chi connectivity index (χ0n) is 16.5. The first-order chi connectivity index (χ1) is 13.5. The topological polar surface area (TPSA) is 76.2 Å². The third kappa shape index (κ3) is 4.34. The molecule has 0 aliphatic carbocycles. The predicted octanol–water partition coefficient (Wildman–Crippen LogP) is 4.11. The van der Waals surface area contributed by atoms with Gasteiger partial charge in [-0.1, -0.05) is 32.0 Å². The number of rotatable bonds is 7. The van der Waals surface area contributed by atoms with Crippen LogP contribution in [0.2, 0.25) is 0 Å². The van der Waals surface area contributed by atoms with Gasteiger partial charge in [0.1, 0.15) is 5.82 Å². The monoisotopic (exact) mass is 379 g/mol. The second-order valence-corrected chi connectivity index (χ2v) is 6.82. The first-order valence-corrected chi connectivity index (χ1v) is 9.17. The van der Waals surface area contributed by atoms with Crippen molar-refractivity contribution >= 4 is 23.0 Å². The minimum atomic E-state index is -0.213. The van der Waals surface area contributed by atoms with Crippen molar-refractivity contribution in [3.05, 3.63) is 59.9 Å². The van der Waals surface area contributed by atoms with Crippen molar-refractivity contribution in [2.24, 2.45) is 5.92 Å². The van der Waals surface area contributed by atoms with Crippen LogP contribution in [0, 0.1) is 5.92 Å². The van der Waals surface area contributed by atoms with Gasteiger partial charge in [-0.2, -0.15) is 0 Å². The molecule has 2 aromatic carbocycles. The second kappa shape index (κ2) is 8.61. The summed E-state index contributed by atoms with van der Waals surface area (Å²) in [4.78, 5) is 20.4. The number of methoxy groups -OCH3 is 2. The first kappa shape index (κ1) is 19.5. The zero-order chi connectivity index (χ0) is 20.1. The molecule has 146 valence electrons. The molecule has 0 radical (unpaired) electrons. The third-order valence-corrected chi connectivity index (χ3v) is 4.50. The number of hydrogen-bond donors (Lipinski definition) is 2. The van der Waals surface area contributed by atoms with E-state index in [0.717, 1.165) is 22.4 Å². The summed E-state index contributed by atoms with van der Waals surface area (Å²) in [6, 6.07) is 13.1. The number of hydrogen-bond acceptors (Lipinski definition) is 4. The summed E-state index contributed by atoms with van der Waals surface area (Å²) >= 11 is 0. The van der Waals surface area contributed by atoms with Crippen LogP contribution >= 0.6 is 0 Å². The lowest BCUT2D eigenvalue weighted by atomic mass is 10.0. The molecule has 6 heteroatoms. The summed E-state index contributed by atoms with van der Waals surface area (Å²) in [7, 11) is 3.17. The summed E-state index contributed by atoms with van der Waals surface area (Å²) in [5.74, 6) is 2.01. The number of aromatic nitrogens is 2. The van der Waals surface area contributed by atoms with E-state index in [1.54, 1.807) is 20.3 Å². The van der Waals surface area contributed by atoms with Gasteiger partial charge >= 0.3 is 0 Å². The van der Waals surface area contributed by atoms with Crippen LogP contribution in [-0.2, 0) is 4.79 Å². The highest BCUT2D eigenvalue weighted by Gasteiger charge is 2.21. The highest BCUT2D eigenvalue weighted by Crippen LogP contribution is 2.28. The zero-order valence-corrected chi connectivity index (χ0v) is 16.5. The molecule has 28 heavy (non-hydrogen) atoms. The number of imidazole rings is 1. The molecule has 3 aromatic rings. The number of benzene rings is 2. The van der Waals surface area contributed by atoms with Gasteiger partial charge in [0.25, 0.3) is 0 Å². The minimum absolute atomic E-state index is 0.180. The van der Waals surface area contributed by atoms with Crippen molar-refractivity contribution in [2.45, 2.75) is 19.9 Å². The highest BCUT2D eigenvalue weighted by atomic mass is 16.5. The number of carbonyl (C=O) groups is 1. The molecule has 1 aromatic heterocycles. The van der Waals surface area contributed by atoms with E-state index in [4.69, 9.17) is 9.47 Å². The minimum Gasteiger partial charge on any atom is -0.493 e. The summed E-state index contributed by atoms with van der Waals surface area (Å²) in [5, 5.41) is 3.04. The van der Waals surface area contributed by atoms with E-state index in [-0.39, 0.29) is 17.9 Å². The summed E-state index contributed by atoms with van der Waals surface area (Å²) in [5.41, 5.74) is 2.69. The Morgan fingerprint density at radius 3 is 2.54 bits per heavy atom. The standard InChI is InChI=1S/C22H25N3O3/c1-14(2)21(22-23-16-7-5-6-8-17(16)24-22)25-20(26)12-10-15-9-11-18(27-3)19(13-15)28-4/h5-14,21H,1-4H3,(H,23,24)(H,25,26)/b12-10+. The van der Waals surface area contributed by atoms with Crippen molar-refractivity contribution in [3.8, 4) is 11.5 Å². The fourth-order valence-corrected chi connectivity index (χ4v) is 3.00. The van der Waals surface area contributed by atoms with Crippen LogP contribution in [0.1, 0.15) is 31.3 Å². The Morgan fingerprint density at radius 2 is 1.86 bits per heavy atom. The Hall–Kier alpha value is -3.28. The number of carbonyl (C=O) groups excluding carboxylic acids is 1. The molecule has 0 fully saturated rings. The third-order valence-electron chi connectivity index (χ3n) is 4.50. The van der Waals surface area contributed by atoms with Gasteiger partial charge in [0.15, 0.2) is 11.5 Å². The van der Waals surface area contributed by atoms with Crippen molar-refractivity contribution in [1.29, 1.82) is 0 Å². The van der Waals surface area contributed by atoms with E-state index in [9.17, 15) is 4.79 Å². The largest absolute Gasteiger partial charge is 0.493 e. The number of nitrogens with one attached hydrogen (secondary N) is 2. The Labute approximate surface area is 164 Å². The number of nitrogens with zero attached hydrogens (tertiary/aromatic N) is 1. The van der Waals surface area contributed by atoms with Crippen LogP contribution in [0.5, 0.6) is 11.5 Å². The van der Waals surface area contributed by atoms with Gasteiger partial charge in [0.2, 0.25) is 5.91 Å². The molecule has 1 atom stereocenters. The maximum absolute atomic E-state index is 12.5. The molecule has 0 bridgehead atoms. The van der Waals surface area contributed by atoms with Crippen LogP contribution < -0.4 is 14.8 Å². The van der Waals surface area contributed by atoms with Crippen LogP contribution in [0.3, 0.4) is 0 Å². The fourth-order valence-electron chi connectivity index (χ4n) is 3.00. The van der Waals surface area contributed by atoms with Crippen molar-refractivity contribution in [2.75, 3.05) is 14.2 Å². The Kier molecular flexibility index (Phi) is 5.99. The lowest BCUT2D eigenvalue weighted by molar-refractivity contribution is -0.117. The maximum Gasteiger partial charge on any atom is 0.244 e. The van der Waals surface area contributed by atoms with Crippen molar-refractivity contribution in [3.63, 3.8) is 0 Å². The number of H-pyrrole nitrogens is 1. The fraction of sp³-hybridized carbons (Fsp3) is 0.273. The molecule has 6 nitrogen and oxygen atoms in total. The smallest absolute Gasteiger partial charge is 0.244 e. The van der Waals surface area contributed by atoms with Gasteiger partial charge in [-0.05, 0) is 41.8 Å². The Bertz CT molecular complexity index is 959. The van der Waals surface area contributed by atoms with Gasteiger partial charge in [-0.25, -0.2) is 4.98 Å². The maximum atomic E-state index is 12.5. The lowest BCUT2D eigenvalue weighted by Gasteiger charge is -2.19. The van der Waals surface area contributed by atoms with Crippen LogP contribution in [0.4, 0.5) is 0 Å². The number of para-hydroxylation sites is 2. The van der Waals surface area contributed by atoms with Crippen molar-refractivity contribution < 1.29 is 14.3 Å². The number of ether oxygens (including phenoxy) is 2. The predicted molar refractivity (Wildman–Crippen MR) is 110 cm³/mol. The number of aromatic amines is 1. The summed E-state index contributed by atoms with van der Waals surface area (Å²) < 4.78 is 10.5. The molecule has 0 saturated heterocycles. The van der Waals surface area contributed by atoms with E-state index in [2.05, 4.69) is 29.1 Å². The van der Waals surface area contributed by atoms with Gasteiger partial charge in [0, 0.05) is 6.08 Å². The molecular formula is C22H25N3O3. The quantitative estimate of drug-likeness (QED) is 0.606. The molecule has 0 saturated carbocycles. The van der Waals surface area contributed by atoms with Crippen LogP contribution in [-0.4, -0.2) is 30.1 Å². The number of amides is 1. The van der Waals surface area contributed by atoms with E-state index in [0.29, 0.717) is 11.5 Å². The molecule has 1 amide bonds. The van der Waals surface area contributed by atoms with Gasteiger partial charge in [-0.15, -0.1) is 0 Å². The van der Waals surface area contributed by atoms with Crippen LogP contribution in [0.25, 0.3) is 17.1 Å². The second-order valence-electron chi connectivity index (χ2n) is 6.82. The Balaban J connectivity index is 1.75. The molecule has 3 rings (SSSR count). The average molecular weight is 379 g/mol. The highest BCUT2D eigenvalue weighted by molar-refractivity contribution is 5.92. The molecule has 2 N–H and O–H groups in total. The lowest BCUT2D eigenvalue weighted by Crippen LogP contribution is -2.31. The molecule has 0 aliphatic rings. The van der Waals surface area contributed by atoms with E-state index in [1.807, 2.05) is 42.5 Å². The summed E-state index contributed by atoms with van der Waals surface area (Å²) in [6.07, 6.45) is 3.26. The SMILES string of the molecule is COc1ccc(/C=C/C(=O)NC(c2nc3ccccc3[nH]2)C(C)C)cc1OC. The van der Waals surface area contributed by atoms with E-state index in [1.165, 1.54) is 6.08 Å². The van der Waals surface area contributed by atoms with Crippen LogP contribution in [0.15, 0.2) is 48.5 Å². The molecule has 1 unspecified atom stereocenters.